The Morgan fingerprint density at radius 1 is 1.21 bits per heavy atom. The number of carbonyl (C=O) groups excluding carboxylic acids is 1. The van der Waals surface area contributed by atoms with Crippen LogP contribution in [0.1, 0.15) is 21.5 Å². The van der Waals surface area contributed by atoms with Gasteiger partial charge in [0.15, 0.2) is 0 Å². The second-order valence-electron chi connectivity index (χ2n) is 7.36. The molecule has 0 bridgehead atoms. The number of nitrogens with zero attached hydrogens (tertiary/aromatic N) is 4. The lowest BCUT2D eigenvalue weighted by Gasteiger charge is -2.07. The molecular weight excluding hydrogens is 436 g/mol. The normalized spacial score (nSPS) is 12.4. The largest absolute Gasteiger partial charge is 0.496 e. The Morgan fingerprint density at radius 3 is 2.67 bits per heavy atom. The summed E-state index contributed by atoms with van der Waals surface area (Å²) in [7, 11) is 3.25. The lowest BCUT2D eigenvalue weighted by atomic mass is 10.0. The molecule has 2 heterocycles. The van der Waals surface area contributed by atoms with Crippen molar-refractivity contribution in [2.45, 2.75) is 6.92 Å². The highest BCUT2D eigenvalue weighted by Gasteiger charge is 2.21. The molecule has 4 rings (SSSR count). The van der Waals surface area contributed by atoms with E-state index in [9.17, 15) is 14.9 Å². The highest BCUT2D eigenvalue weighted by atomic mass is 32.1. The summed E-state index contributed by atoms with van der Waals surface area (Å²) in [6.07, 6.45) is 5.13. The zero-order chi connectivity index (χ0) is 23.5. The van der Waals surface area contributed by atoms with Gasteiger partial charge in [0, 0.05) is 18.8 Å². The van der Waals surface area contributed by atoms with Gasteiger partial charge < -0.3 is 4.74 Å². The average Bonchev–Trinajstić information content (AvgIpc) is 3.37. The third-order valence-electron chi connectivity index (χ3n) is 5.01. The van der Waals surface area contributed by atoms with Gasteiger partial charge in [0.05, 0.1) is 29.1 Å². The molecule has 164 valence electrons. The third-order valence-corrected chi connectivity index (χ3v) is 6.10. The van der Waals surface area contributed by atoms with E-state index in [1.165, 1.54) is 11.7 Å². The number of rotatable bonds is 5. The Balaban J connectivity index is 2.07. The van der Waals surface area contributed by atoms with E-state index in [4.69, 9.17) is 4.74 Å². The van der Waals surface area contributed by atoms with Crippen molar-refractivity contribution in [1.82, 2.24) is 14.3 Å². The van der Waals surface area contributed by atoms with Crippen LogP contribution in [-0.4, -0.2) is 27.2 Å². The van der Waals surface area contributed by atoms with E-state index in [0.717, 1.165) is 22.5 Å². The van der Waals surface area contributed by atoms with Gasteiger partial charge in [-0.3, -0.25) is 18.8 Å². The van der Waals surface area contributed by atoms with Crippen molar-refractivity contribution in [3.05, 3.63) is 97.2 Å². The number of hydrogen-bond donors (Lipinski definition) is 0. The van der Waals surface area contributed by atoms with E-state index >= 15 is 0 Å². The molecule has 0 unspecified atom stereocenters. The van der Waals surface area contributed by atoms with Gasteiger partial charge in [-0.15, -0.1) is 11.3 Å². The maximum Gasteiger partial charge on any atom is 0.273 e. The Morgan fingerprint density at radius 2 is 2.00 bits per heavy atom. The van der Waals surface area contributed by atoms with Crippen LogP contribution in [0.2, 0.25) is 0 Å². The monoisotopic (exact) mass is 456 g/mol. The smallest absolute Gasteiger partial charge is 0.273 e. The van der Waals surface area contributed by atoms with Gasteiger partial charge in [0.25, 0.3) is 5.56 Å². The maximum absolute atomic E-state index is 13.5. The summed E-state index contributed by atoms with van der Waals surface area (Å²) < 4.78 is 9.02. The fraction of sp³-hybridized carbons (Fsp3) is 0.120. The number of carbonyl (C=O) groups is 1. The molecule has 7 nitrogen and oxygen atoms in total. The maximum atomic E-state index is 13.5. The fourth-order valence-corrected chi connectivity index (χ4v) is 4.58. The van der Waals surface area contributed by atoms with Crippen molar-refractivity contribution in [3.8, 4) is 17.5 Å². The van der Waals surface area contributed by atoms with E-state index in [2.05, 4.69) is 5.10 Å². The van der Waals surface area contributed by atoms with Gasteiger partial charge in [-0.2, -0.15) is 10.4 Å². The minimum absolute atomic E-state index is 0.131. The number of thiazole rings is 1. The van der Waals surface area contributed by atoms with Crippen LogP contribution in [0.15, 0.2) is 65.7 Å². The Kier molecular flexibility index (Phi) is 6.07. The number of nitriles is 1. The zero-order valence-electron chi connectivity index (χ0n) is 18.3. The van der Waals surface area contributed by atoms with Gasteiger partial charge in [0.1, 0.15) is 22.1 Å². The van der Waals surface area contributed by atoms with Crippen LogP contribution in [0.3, 0.4) is 0 Å². The highest BCUT2D eigenvalue weighted by Crippen LogP contribution is 2.21. The van der Waals surface area contributed by atoms with E-state index in [0.29, 0.717) is 16.0 Å². The number of ketones is 1. The molecule has 0 amide bonds. The molecule has 0 radical (unpaired) electrons. The number of benzene rings is 2. The molecule has 0 aliphatic rings. The quantitative estimate of drug-likeness (QED) is 0.430. The molecule has 0 fully saturated rings. The predicted molar refractivity (Wildman–Crippen MR) is 127 cm³/mol. The zero-order valence-corrected chi connectivity index (χ0v) is 19.1. The van der Waals surface area contributed by atoms with Gasteiger partial charge >= 0.3 is 0 Å². The summed E-state index contributed by atoms with van der Waals surface area (Å²) in [5, 5.41) is 14.1. The first kappa shape index (κ1) is 22.0. The van der Waals surface area contributed by atoms with Crippen molar-refractivity contribution in [2.75, 3.05) is 7.11 Å². The van der Waals surface area contributed by atoms with Crippen LogP contribution in [-0.2, 0) is 7.05 Å². The van der Waals surface area contributed by atoms with E-state index in [-0.39, 0.29) is 21.4 Å². The number of hydrogen-bond acceptors (Lipinski definition) is 6. The van der Waals surface area contributed by atoms with Crippen molar-refractivity contribution < 1.29 is 9.53 Å². The first-order valence-corrected chi connectivity index (χ1v) is 10.9. The number of aryl methyl sites for hydroxylation is 2. The number of para-hydroxylation sites is 1. The van der Waals surface area contributed by atoms with Crippen LogP contribution < -0.4 is 19.5 Å². The van der Waals surface area contributed by atoms with Crippen LogP contribution >= 0.6 is 11.3 Å². The Labute approximate surface area is 193 Å². The fourth-order valence-electron chi connectivity index (χ4n) is 3.48. The molecule has 0 spiro atoms. The molecule has 0 saturated heterocycles. The molecule has 2 aromatic carbocycles. The summed E-state index contributed by atoms with van der Waals surface area (Å²) in [5.74, 6) is -0.149. The molecule has 4 aromatic rings. The van der Waals surface area contributed by atoms with Gasteiger partial charge in [-0.1, -0.05) is 24.3 Å². The molecule has 0 atom stereocenters. The molecule has 0 N–H and O–H groups in total. The van der Waals surface area contributed by atoms with Crippen LogP contribution in [0, 0.1) is 18.3 Å². The van der Waals surface area contributed by atoms with Crippen molar-refractivity contribution >= 4 is 28.8 Å². The molecule has 0 aliphatic heterocycles. The predicted octanol–water partition coefficient (Wildman–Crippen LogP) is 2.34. The van der Waals surface area contributed by atoms with Crippen LogP contribution in [0.5, 0.6) is 5.75 Å². The van der Waals surface area contributed by atoms with E-state index < -0.39 is 5.78 Å². The standard InChI is InChI=1S/C25H20N4O3S/c1-16-7-6-8-18(11-16)29-24(31)22(12-17-14-27-28(2)15-17)33-25(29)20(13-26)23(30)19-9-4-5-10-21(19)32-3/h4-12,14-15H,1-3H3/b22-12-,25-20-. The Hall–Kier alpha value is -4.22. The summed E-state index contributed by atoms with van der Waals surface area (Å²) >= 11 is 1.10. The average molecular weight is 457 g/mol. The molecule has 8 heteroatoms. The van der Waals surface area contributed by atoms with Crippen LogP contribution in [0.4, 0.5) is 0 Å². The second-order valence-corrected chi connectivity index (χ2v) is 8.39. The number of aromatic nitrogens is 3. The molecular formula is C25H20N4O3S. The third kappa shape index (κ3) is 4.27. The van der Waals surface area contributed by atoms with Gasteiger partial charge in [-0.25, -0.2) is 0 Å². The molecule has 0 aliphatic carbocycles. The van der Waals surface area contributed by atoms with Gasteiger partial charge in [-0.05, 0) is 42.8 Å². The first-order chi connectivity index (χ1) is 15.9. The lowest BCUT2D eigenvalue weighted by Crippen LogP contribution is -2.31. The highest BCUT2D eigenvalue weighted by molar-refractivity contribution is 7.07. The summed E-state index contributed by atoms with van der Waals surface area (Å²) in [6.45, 7) is 1.91. The van der Waals surface area contributed by atoms with Crippen LogP contribution in [0.25, 0.3) is 17.3 Å². The summed E-state index contributed by atoms with van der Waals surface area (Å²) in [5.41, 5.74) is 2.08. The molecule has 33 heavy (non-hydrogen) atoms. The second kappa shape index (κ2) is 9.10. The van der Waals surface area contributed by atoms with Gasteiger partial charge in [0.2, 0.25) is 5.78 Å². The summed E-state index contributed by atoms with van der Waals surface area (Å²) in [6, 6.07) is 16.1. The molecule has 0 saturated carbocycles. The minimum Gasteiger partial charge on any atom is -0.496 e. The van der Waals surface area contributed by atoms with Crippen molar-refractivity contribution in [3.63, 3.8) is 0 Å². The van der Waals surface area contributed by atoms with E-state index in [1.807, 2.05) is 31.2 Å². The van der Waals surface area contributed by atoms with Crippen molar-refractivity contribution in [1.29, 1.82) is 5.26 Å². The number of Topliss-reactive ketones (excluding diaryl/α,β-unsaturated/α-hetero) is 1. The molecule has 2 aromatic heterocycles. The SMILES string of the molecule is COc1ccccc1C(=O)/C(C#N)=c1\s/c(=C\c2cnn(C)c2)c(=O)n1-c1cccc(C)c1. The Bertz CT molecular complexity index is 1580. The first-order valence-electron chi connectivity index (χ1n) is 10.0. The van der Waals surface area contributed by atoms with Crippen molar-refractivity contribution in [2.24, 2.45) is 7.05 Å². The van der Waals surface area contributed by atoms with E-state index in [1.54, 1.807) is 60.5 Å². The number of methoxy groups -OCH3 is 1. The number of ether oxygens (including phenoxy) is 1. The minimum atomic E-state index is -0.509. The topological polar surface area (TPSA) is 89.9 Å². The summed E-state index contributed by atoms with van der Waals surface area (Å²) in [4.78, 5) is 26.9. The lowest BCUT2D eigenvalue weighted by molar-refractivity contribution is 0.105.